The van der Waals surface area contributed by atoms with E-state index in [1.807, 2.05) is 27.9 Å². The summed E-state index contributed by atoms with van der Waals surface area (Å²) in [6, 6.07) is -0.161. The van der Waals surface area contributed by atoms with Crippen LogP contribution >= 0.6 is 0 Å². The molecule has 12 heavy (non-hydrogen) atoms. The van der Waals surface area contributed by atoms with Crippen molar-refractivity contribution in [3.8, 4) is 0 Å². The summed E-state index contributed by atoms with van der Waals surface area (Å²) >= 11 is 0. The van der Waals surface area contributed by atoms with E-state index in [2.05, 4.69) is 10.7 Å². The Morgan fingerprint density at radius 2 is 2.08 bits per heavy atom. The van der Waals surface area contributed by atoms with E-state index in [4.69, 9.17) is 0 Å². The van der Waals surface area contributed by atoms with Crippen molar-refractivity contribution in [1.29, 1.82) is 0 Å². The maximum absolute atomic E-state index is 11.2. The highest BCUT2D eigenvalue weighted by atomic mass is 16.2. The second-order valence-corrected chi connectivity index (χ2v) is 3.04. The zero-order valence-corrected chi connectivity index (χ0v) is 8.35. The SMILES string of the molecule is CCCNC(=O)C(C)NN(C)C. The van der Waals surface area contributed by atoms with Gasteiger partial charge in [0.25, 0.3) is 0 Å². The Hall–Kier alpha value is -0.610. The van der Waals surface area contributed by atoms with Crippen molar-refractivity contribution in [2.45, 2.75) is 26.3 Å². The number of carbonyl (C=O) groups is 1. The van der Waals surface area contributed by atoms with Crippen LogP contribution in [0.3, 0.4) is 0 Å². The van der Waals surface area contributed by atoms with Crippen LogP contribution in [0.4, 0.5) is 0 Å². The van der Waals surface area contributed by atoms with Gasteiger partial charge in [-0.1, -0.05) is 6.92 Å². The second kappa shape index (κ2) is 5.97. The average molecular weight is 173 g/mol. The van der Waals surface area contributed by atoms with E-state index in [1.165, 1.54) is 0 Å². The van der Waals surface area contributed by atoms with Gasteiger partial charge in [0.15, 0.2) is 0 Å². The monoisotopic (exact) mass is 173 g/mol. The van der Waals surface area contributed by atoms with Gasteiger partial charge in [0.1, 0.15) is 0 Å². The predicted octanol–water partition coefficient (Wildman–Crippen LogP) is -0.0327. The molecule has 2 N–H and O–H groups in total. The molecule has 1 unspecified atom stereocenters. The van der Waals surface area contributed by atoms with Gasteiger partial charge in [0, 0.05) is 20.6 Å². The number of hydrogen-bond acceptors (Lipinski definition) is 3. The van der Waals surface area contributed by atoms with Gasteiger partial charge < -0.3 is 5.32 Å². The molecule has 0 aromatic heterocycles. The van der Waals surface area contributed by atoms with Gasteiger partial charge in [-0.2, -0.15) is 0 Å². The van der Waals surface area contributed by atoms with Gasteiger partial charge in [0.05, 0.1) is 6.04 Å². The minimum Gasteiger partial charge on any atom is -0.355 e. The molecule has 0 aromatic rings. The lowest BCUT2D eigenvalue weighted by molar-refractivity contribution is -0.123. The third kappa shape index (κ3) is 5.09. The molecule has 0 saturated carbocycles. The Bertz CT molecular complexity index is 136. The van der Waals surface area contributed by atoms with E-state index in [0.717, 1.165) is 13.0 Å². The summed E-state index contributed by atoms with van der Waals surface area (Å²) in [4.78, 5) is 11.2. The largest absolute Gasteiger partial charge is 0.355 e. The van der Waals surface area contributed by atoms with Crippen LogP contribution in [0.5, 0.6) is 0 Å². The van der Waals surface area contributed by atoms with Crippen molar-refractivity contribution in [1.82, 2.24) is 15.8 Å². The maximum atomic E-state index is 11.2. The van der Waals surface area contributed by atoms with Crippen LogP contribution in [0.15, 0.2) is 0 Å². The summed E-state index contributed by atoms with van der Waals surface area (Å²) in [6.45, 7) is 4.62. The van der Waals surface area contributed by atoms with E-state index in [1.54, 1.807) is 5.01 Å². The van der Waals surface area contributed by atoms with Gasteiger partial charge in [-0.15, -0.1) is 0 Å². The highest BCUT2D eigenvalue weighted by molar-refractivity contribution is 5.81. The van der Waals surface area contributed by atoms with Gasteiger partial charge >= 0.3 is 0 Å². The number of hydrazine groups is 1. The fraction of sp³-hybridized carbons (Fsp3) is 0.875. The third-order valence-corrected chi connectivity index (χ3v) is 1.39. The molecule has 0 bridgehead atoms. The Kier molecular flexibility index (Phi) is 5.66. The lowest BCUT2D eigenvalue weighted by Gasteiger charge is -2.18. The molecule has 0 spiro atoms. The minimum absolute atomic E-state index is 0.0468. The Balaban J connectivity index is 3.61. The lowest BCUT2D eigenvalue weighted by atomic mass is 10.3. The van der Waals surface area contributed by atoms with Crippen LogP contribution in [0.25, 0.3) is 0 Å². The topological polar surface area (TPSA) is 44.4 Å². The predicted molar refractivity (Wildman–Crippen MR) is 49.6 cm³/mol. The molecule has 4 heteroatoms. The van der Waals surface area contributed by atoms with Gasteiger partial charge in [-0.25, -0.2) is 10.4 Å². The smallest absolute Gasteiger partial charge is 0.238 e. The zero-order chi connectivity index (χ0) is 9.56. The van der Waals surface area contributed by atoms with E-state index < -0.39 is 0 Å². The van der Waals surface area contributed by atoms with E-state index in [0.29, 0.717) is 0 Å². The van der Waals surface area contributed by atoms with Gasteiger partial charge in [-0.3, -0.25) is 4.79 Å². The molecule has 0 saturated heterocycles. The lowest BCUT2D eigenvalue weighted by Crippen LogP contribution is -2.47. The zero-order valence-electron chi connectivity index (χ0n) is 8.35. The number of carbonyl (C=O) groups excluding carboxylic acids is 1. The van der Waals surface area contributed by atoms with Crippen LogP contribution in [0.1, 0.15) is 20.3 Å². The minimum atomic E-state index is -0.161. The van der Waals surface area contributed by atoms with Crippen molar-refractivity contribution in [3.63, 3.8) is 0 Å². The number of nitrogens with one attached hydrogen (secondary N) is 2. The molecule has 0 heterocycles. The van der Waals surface area contributed by atoms with Crippen molar-refractivity contribution in [2.75, 3.05) is 20.6 Å². The quantitative estimate of drug-likeness (QED) is 0.574. The van der Waals surface area contributed by atoms with Crippen LogP contribution in [0, 0.1) is 0 Å². The second-order valence-electron chi connectivity index (χ2n) is 3.04. The molecule has 0 radical (unpaired) electrons. The highest BCUT2D eigenvalue weighted by Crippen LogP contribution is 1.82. The Morgan fingerprint density at radius 1 is 1.50 bits per heavy atom. The molecule has 4 nitrogen and oxygen atoms in total. The molecule has 0 rings (SSSR count). The normalized spacial score (nSPS) is 13.1. The van der Waals surface area contributed by atoms with Crippen molar-refractivity contribution < 1.29 is 4.79 Å². The first kappa shape index (κ1) is 11.4. The van der Waals surface area contributed by atoms with E-state index in [9.17, 15) is 4.79 Å². The van der Waals surface area contributed by atoms with Crippen LogP contribution < -0.4 is 10.7 Å². The summed E-state index contributed by atoms with van der Waals surface area (Å²) in [5.74, 6) is 0.0468. The van der Waals surface area contributed by atoms with Crippen molar-refractivity contribution >= 4 is 5.91 Å². The molecule has 0 aliphatic carbocycles. The molecular weight excluding hydrogens is 154 g/mol. The third-order valence-electron chi connectivity index (χ3n) is 1.39. The molecule has 1 atom stereocenters. The molecule has 0 fully saturated rings. The number of rotatable bonds is 5. The average Bonchev–Trinajstić information content (AvgIpc) is 1.98. The van der Waals surface area contributed by atoms with Gasteiger partial charge in [0.2, 0.25) is 5.91 Å². The van der Waals surface area contributed by atoms with Gasteiger partial charge in [-0.05, 0) is 13.3 Å². The first-order chi connectivity index (χ1) is 5.57. The first-order valence-electron chi connectivity index (χ1n) is 4.29. The van der Waals surface area contributed by atoms with Crippen LogP contribution in [-0.4, -0.2) is 37.6 Å². The van der Waals surface area contributed by atoms with E-state index >= 15 is 0 Å². The number of hydrogen-bond donors (Lipinski definition) is 2. The number of nitrogens with zero attached hydrogens (tertiary/aromatic N) is 1. The summed E-state index contributed by atoms with van der Waals surface area (Å²) in [6.07, 6.45) is 0.973. The summed E-state index contributed by atoms with van der Waals surface area (Å²) in [5, 5.41) is 4.58. The molecule has 0 aromatic carbocycles. The standard InChI is InChI=1S/C8H19N3O/c1-5-6-9-8(12)7(2)10-11(3)4/h7,10H,5-6H2,1-4H3,(H,9,12). The van der Waals surface area contributed by atoms with Crippen molar-refractivity contribution in [2.24, 2.45) is 0 Å². The molecule has 1 amide bonds. The molecule has 0 aliphatic rings. The highest BCUT2D eigenvalue weighted by Gasteiger charge is 2.10. The molecule has 0 aliphatic heterocycles. The Labute approximate surface area is 74.3 Å². The molecule has 72 valence electrons. The van der Waals surface area contributed by atoms with Crippen LogP contribution in [-0.2, 0) is 4.79 Å². The fourth-order valence-electron chi connectivity index (χ4n) is 0.847. The summed E-state index contributed by atoms with van der Waals surface area (Å²) in [5.41, 5.74) is 2.97. The molecular formula is C8H19N3O. The summed E-state index contributed by atoms with van der Waals surface area (Å²) in [7, 11) is 3.73. The fourth-order valence-corrected chi connectivity index (χ4v) is 0.847. The first-order valence-corrected chi connectivity index (χ1v) is 4.29. The Morgan fingerprint density at radius 3 is 2.50 bits per heavy atom. The number of amides is 1. The van der Waals surface area contributed by atoms with Crippen LogP contribution in [0.2, 0.25) is 0 Å². The summed E-state index contributed by atoms with van der Waals surface area (Å²) < 4.78 is 0. The van der Waals surface area contributed by atoms with Crippen molar-refractivity contribution in [3.05, 3.63) is 0 Å². The maximum Gasteiger partial charge on any atom is 0.238 e. The van der Waals surface area contributed by atoms with E-state index in [-0.39, 0.29) is 11.9 Å².